The van der Waals surface area contributed by atoms with Gasteiger partial charge in [0.25, 0.3) is 5.91 Å². The summed E-state index contributed by atoms with van der Waals surface area (Å²) in [5.74, 6) is 0.0882. The molecule has 6 nitrogen and oxygen atoms in total. The van der Waals surface area contributed by atoms with Gasteiger partial charge in [0.1, 0.15) is 0 Å². The monoisotopic (exact) mass is 425 g/mol. The van der Waals surface area contributed by atoms with Crippen LogP contribution in [-0.2, 0) is 11.3 Å². The Morgan fingerprint density at radius 3 is 2.60 bits per heavy atom. The summed E-state index contributed by atoms with van der Waals surface area (Å²) < 4.78 is 5.38. The van der Waals surface area contributed by atoms with E-state index in [0.717, 1.165) is 18.4 Å². The molecule has 0 saturated heterocycles. The summed E-state index contributed by atoms with van der Waals surface area (Å²) in [6, 6.07) is 14.5. The zero-order valence-corrected chi connectivity index (χ0v) is 17.6. The van der Waals surface area contributed by atoms with Gasteiger partial charge < -0.3 is 14.6 Å². The molecule has 0 spiro atoms. The Morgan fingerprint density at radius 2 is 1.90 bits per heavy atom. The minimum atomic E-state index is -0.216. The molecule has 1 N–H and O–H groups in total. The first kappa shape index (κ1) is 21.6. The highest BCUT2D eigenvalue weighted by atomic mass is 35.5. The van der Waals surface area contributed by atoms with Gasteiger partial charge in [-0.3, -0.25) is 9.59 Å². The van der Waals surface area contributed by atoms with Gasteiger partial charge in [-0.05, 0) is 30.2 Å². The summed E-state index contributed by atoms with van der Waals surface area (Å²) in [4.78, 5) is 31.3. The van der Waals surface area contributed by atoms with Crippen LogP contribution in [0.2, 0.25) is 5.02 Å². The lowest BCUT2D eigenvalue weighted by molar-refractivity contribution is -0.122. The van der Waals surface area contributed by atoms with Crippen molar-refractivity contribution in [1.29, 1.82) is 0 Å². The topological polar surface area (TPSA) is 75.4 Å². The SMILES string of the molecule is CCCCN(CC(=O)NCc1ccc(Cl)cc1)C(=O)c1ccccc1-c1cnco1. The van der Waals surface area contributed by atoms with Crippen LogP contribution in [0.4, 0.5) is 0 Å². The van der Waals surface area contributed by atoms with Crippen LogP contribution in [0.3, 0.4) is 0 Å². The second-order valence-corrected chi connectivity index (χ2v) is 7.33. The van der Waals surface area contributed by atoms with E-state index in [0.29, 0.717) is 35.0 Å². The van der Waals surface area contributed by atoms with Gasteiger partial charge in [-0.25, -0.2) is 4.98 Å². The molecule has 2 aromatic carbocycles. The second-order valence-electron chi connectivity index (χ2n) is 6.89. The number of nitrogens with one attached hydrogen (secondary N) is 1. The van der Waals surface area contributed by atoms with Gasteiger partial charge in [-0.15, -0.1) is 0 Å². The number of hydrogen-bond donors (Lipinski definition) is 1. The van der Waals surface area contributed by atoms with Crippen LogP contribution in [-0.4, -0.2) is 34.8 Å². The first-order chi connectivity index (χ1) is 14.6. The maximum Gasteiger partial charge on any atom is 0.255 e. The summed E-state index contributed by atoms with van der Waals surface area (Å²) in [5, 5.41) is 3.51. The van der Waals surface area contributed by atoms with E-state index in [1.165, 1.54) is 6.39 Å². The van der Waals surface area contributed by atoms with Gasteiger partial charge in [0, 0.05) is 23.7 Å². The molecule has 0 bridgehead atoms. The van der Waals surface area contributed by atoms with Gasteiger partial charge in [0.15, 0.2) is 12.2 Å². The van der Waals surface area contributed by atoms with Crippen molar-refractivity contribution in [3.05, 3.63) is 77.3 Å². The summed E-state index contributed by atoms with van der Waals surface area (Å²) in [7, 11) is 0. The third-order valence-electron chi connectivity index (χ3n) is 4.66. The largest absolute Gasteiger partial charge is 0.443 e. The number of benzene rings is 2. The molecular weight excluding hydrogens is 402 g/mol. The molecule has 156 valence electrons. The lowest BCUT2D eigenvalue weighted by Gasteiger charge is -2.23. The number of unbranched alkanes of at least 4 members (excludes halogenated alkanes) is 1. The number of carbonyl (C=O) groups is 2. The number of nitrogens with zero attached hydrogens (tertiary/aromatic N) is 2. The van der Waals surface area contributed by atoms with Crippen LogP contribution in [0.25, 0.3) is 11.3 Å². The van der Waals surface area contributed by atoms with E-state index in [9.17, 15) is 9.59 Å². The van der Waals surface area contributed by atoms with E-state index in [1.54, 1.807) is 35.4 Å². The molecule has 1 aromatic heterocycles. The highest BCUT2D eigenvalue weighted by molar-refractivity contribution is 6.30. The number of aromatic nitrogens is 1. The van der Waals surface area contributed by atoms with E-state index >= 15 is 0 Å². The molecule has 0 aliphatic heterocycles. The lowest BCUT2D eigenvalue weighted by atomic mass is 10.0. The molecular formula is C23H24ClN3O3. The Labute approximate surface area is 180 Å². The molecule has 1 heterocycles. The second kappa shape index (κ2) is 10.6. The molecule has 30 heavy (non-hydrogen) atoms. The fraction of sp³-hybridized carbons (Fsp3) is 0.261. The first-order valence-electron chi connectivity index (χ1n) is 9.86. The Balaban J connectivity index is 1.71. The van der Waals surface area contributed by atoms with Gasteiger partial charge in [-0.2, -0.15) is 0 Å². The maximum absolute atomic E-state index is 13.3. The fourth-order valence-corrected chi connectivity index (χ4v) is 3.16. The highest BCUT2D eigenvalue weighted by Crippen LogP contribution is 2.24. The smallest absolute Gasteiger partial charge is 0.255 e. The first-order valence-corrected chi connectivity index (χ1v) is 10.2. The normalized spacial score (nSPS) is 10.6. The van der Waals surface area contributed by atoms with Gasteiger partial charge in [0.2, 0.25) is 5.91 Å². The number of halogens is 1. The predicted molar refractivity (Wildman–Crippen MR) is 116 cm³/mol. The molecule has 3 rings (SSSR count). The van der Waals surface area contributed by atoms with Crippen LogP contribution in [0.1, 0.15) is 35.7 Å². The zero-order valence-electron chi connectivity index (χ0n) is 16.8. The fourth-order valence-electron chi connectivity index (χ4n) is 3.04. The van der Waals surface area contributed by atoms with Gasteiger partial charge >= 0.3 is 0 Å². The van der Waals surface area contributed by atoms with Crippen molar-refractivity contribution in [2.24, 2.45) is 0 Å². The minimum absolute atomic E-state index is 0.0167. The minimum Gasteiger partial charge on any atom is -0.443 e. The van der Waals surface area contributed by atoms with E-state index in [-0.39, 0.29) is 18.4 Å². The summed E-state index contributed by atoms with van der Waals surface area (Å²) in [6.45, 7) is 2.90. The Hall–Kier alpha value is -3.12. The molecule has 0 radical (unpaired) electrons. The highest BCUT2D eigenvalue weighted by Gasteiger charge is 2.22. The quantitative estimate of drug-likeness (QED) is 0.545. The Morgan fingerprint density at radius 1 is 1.13 bits per heavy atom. The average molecular weight is 426 g/mol. The van der Waals surface area contributed by atoms with Crippen molar-refractivity contribution in [1.82, 2.24) is 15.2 Å². The van der Waals surface area contributed by atoms with Crippen LogP contribution in [0.5, 0.6) is 0 Å². The van der Waals surface area contributed by atoms with Crippen molar-refractivity contribution in [2.75, 3.05) is 13.1 Å². The van der Waals surface area contributed by atoms with Gasteiger partial charge in [-0.1, -0.05) is 55.3 Å². The summed E-state index contributed by atoms with van der Waals surface area (Å²) in [6.07, 6.45) is 4.62. The number of hydrogen-bond acceptors (Lipinski definition) is 4. The molecule has 0 aliphatic carbocycles. The van der Waals surface area contributed by atoms with Crippen LogP contribution < -0.4 is 5.32 Å². The maximum atomic E-state index is 13.3. The van der Waals surface area contributed by atoms with E-state index in [1.807, 2.05) is 31.2 Å². The Kier molecular flexibility index (Phi) is 7.63. The summed E-state index contributed by atoms with van der Waals surface area (Å²) >= 11 is 5.89. The standard InChI is InChI=1S/C23H24ClN3O3/c1-2-3-12-27(15-22(28)26-13-17-8-10-18(24)11-9-17)23(29)20-7-5-4-6-19(20)21-14-25-16-30-21/h4-11,14,16H,2-3,12-13,15H2,1H3,(H,26,28). The third-order valence-corrected chi connectivity index (χ3v) is 4.91. The molecule has 3 aromatic rings. The molecule has 0 unspecified atom stereocenters. The Bertz CT molecular complexity index is 972. The van der Waals surface area contributed by atoms with Gasteiger partial charge in [0.05, 0.1) is 18.3 Å². The number of amides is 2. The zero-order chi connectivity index (χ0) is 21.3. The van der Waals surface area contributed by atoms with E-state index in [2.05, 4.69) is 10.3 Å². The van der Waals surface area contributed by atoms with Crippen molar-refractivity contribution in [3.63, 3.8) is 0 Å². The van der Waals surface area contributed by atoms with Crippen molar-refractivity contribution in [2.45, 2.75) is 26.3 Å². The van der Waals surface area contributed by atoms with Crippen molar-refractivity contribution >= 4 is 23.4 Å². The predicted octanol–water partition coefficient (Wildman–Crippen LogP) is 4.55. The van der Waals surface area contributed by atoms with Crippen LogP contribution in [0, 0.1) is 0 Å². The molecule has 0 fully saturated rings. The molecule has 0 atom stereocenters. The number of oxazole rings is 1. The lowest BCUT2D eigenvalue weighted by Crippen LogP contribution is -2.41. The summed E-state index contributed by atoms with van der Waals surface area (Å²) in [5.41, 5.74) is 2.08. The molecule has 0 saturated carbocycles. The van der Waals surface area contributed by atoms with E-state index < -0.39 is 0 Å². The number of rotatable bonds is 9. The van der Waals surface area contributed by atoms with Crippen molar-refractivity contribution in [3.8, 4) is 11.3 Å². The van der Waals surface area contributed by atoms with Crippen LogP contribution >= 0.6 is 11.6 Å². The number of carbonyl (C=O) groups excluding carboxylic acids is 2. The average Bonchev–Trinajstić information content (AvgIpc) is 3.30. The molecule has 7 heteroatoms. The van der Waals surface area contributed by atoms with Crippen LogP contribution in [0.15, 0.2) is 65.5 Å². The molecule has 0 aliphatic rings. The third kappa shape index (κ3) is 5.70. The molecule has 2 amide bonds. The van der Waals surface area contributed by atoms with E-state index in [4.69, 9.17) is 16.0 Å². The van der Waals surface area contributed by atoms with Crippen molar-refractivity contribution < 1.29 is 14.0 Å².